The van der Waals surface area contributed by atoms with E-state index >= 15 is 0 Å². The molecule has 1 aromatic rings. The second-order valence-electron chi connectivity index (χ2n) is 6.52. The van der Waals surface area contributed by atoms with Crippen molar-refractivity contribution in [2.75, 3.05) is 20.3 Å². The van der Waals surface area contributed by atoms with Gasteiger partial charge in [0, 0.05) is 31.8 Å². The number of nitro benzene ring substituents is 1. The van der Waals surface area contributed by atoms with Gasteiger partial charge >= 0.3 is 0 Å². The summed E-state index contributed by atoms with van der Waals surface area (Å²) in [6.07, 6.45) is 4.94. The van der Waals surface area contributed by atoms with Crippen molar-refractivity contribution in [2.45, 2.75) is 45.2 Å². The summed E-state index contributed by atoms with van der Waals surface area (Å²) in [5.41, 5.74) is 1.04. The van der Waals surface area contributed by atoms with Gasteiger partial charge in [-0.2, -0.15) is 0 Å². The van der Waals surface area contributed by atoms with E-state index in [-0.39, 0.29) is 5.69 Å². The van der Waals surface area contributed by atoms with Crippen LogP contribution in [0, 0.1) is 16.0 Å². The Morgan fingerprint density at radius 1 is 1.32 bits per heavy atom. The second-order valence-corrected chi connectivity index (χ2v) is 6.52. The van der Waals surface area contributed by atoms with Crippen molar-refractivity contribution in [3.8, 4) is 0 Å². The fourth-order valence-electron chi connectivity index (χ4n) is 3.02. The van der Waals surface area contributed by atoms with Crippen molar-refractivity contribution in [1.82, 2.24) is 10.6 Å². The number of nitrogens with one attached hydrogen (secondary N) is 2. The van der Waals surface area contributed by atoms with Gasteiger partial charge in [0.2, 0.25) is 0 Å². The Balaban J connectivity index is 1.99. The molecule has 0 heterocycles. The molecule has 0 bridgehead atoms. The Hall–Kier alpha value is -2.15. The molecule has 138 valence electrons. The number of nitro groups is 1. The molecule has 2 unspecified atom stereocenters. The maximum absolute atomic E-state index is 10.7. The number of rotatable bonds is 7. The lowest BCUT2D eigenvalue weighted by molar-refractivity contribution is -0.384. The normalized spacial score (nSPS) is 21.0. The quantitative estimate of drug-likeness (QED) is 0.260. The van der Waals surface area contributed by atoms with Crippen molar-refractivity contribution in [2.24, 2.45) is 10.9 Å². The third-order valence-corrected chi connectivity index (χ3v) is 4.60. The summed E-state index contributed by atoms with van der Waals surface area (Å²) in [6.45, 7) is 4.05. The second kappa shape index (κ2) is 9.98. The summed E-state index contributed by atoms with van der Waals surface area (Å²) in [5.74, 6) is 1.40. The Morgan fingerprint density at radius 2 is 2.04 bits per heavy atom. The highest BCUT2D eigenvalue weighted by molar-refractivity contribution is 5.80. The van der Waals surface area contributed by atoms with Crippen molar-refractivity contribution in [1.29, 1.82) is 0 Å². The highest BCUT2D eigenvalue weighted by Gasteiger charge is 2.22. The van der Waals surface area contributed by atoms with Crippen LogP contribution >= 0.6 is 0 Å². The zero-order valence-electron chi connectivity index (χ0n) is 15.0. The molecule has 0 saturated heterocycles. The number of methoxy groups -OCH3 is 1. The predicted molar refractivity (Wildman–Crippen MR) is 98.7 cm³/mol. The maximum Gasteiger partial charge on any atom is 0.269 e. The maximum atomic E-state index is 10.7. The first-order valence-corrected chi connectivity index (χ1v) is 8.87. The molecule has 0 amide bonds. The molecule has 2 atom stereocenters. The minimum Gasteiger partial charge on any atom is -0.383 e. The molecule has 1 aliphatic carbocycles. The van der Waals surface area contributed by atoms with Crippen LogP contribution in [0.15, 0.2) is 29.3 Å². The molecule has 1 fully saturated rings. The molecule has 0 radical (unpaired) electrons. The predicted octanol–water partition coefficient (Wildman–Crippen LogP) is 2.86. The van der Waals surface area contributed by atoms with E-state index in [0.29, 0.717) is 31.7 Å². The van der Waals surface area contributed by atoms with Crippen LogP contribution in [0.5, 0.6) is 0 Å². The Labute approximate surface area is 149 Å². The summed E-state index contributed by atoms with van der Waals surface area (Å²) in [5, 5.41) is 17.6. The lowest BCUT2D eigenvalue weighted by atomic mass is 9.86. The third-order valence-electron chi connectivity index (χ3n) is 4.60. The van der Waals surface area contributed by atoms with E-state index in [0.717, 1.165) is 17.9 Å². The number of nitrogens with zero attached hydrogens (tertiary/aromatic N) is 2. The van der Waals surface area contributed by atoms with Crippen LogP contribution in [-0.2, 0) is 11.3 Å². The summed E-state index contributed by atoms with van der Waals surface area (Å²) in [7, 11) is 1.67. The van der Waals surface area contributed by atoms with Crippen LogP contribution in [0.1, 0.15) is 38.2 Å². The van der Waals surface area contributed by atoms with Crippen LogP contribution in [0.2, 0.25) is 0 Å². The molecular formula is C18H28N4O3. The fraction of sp³-hybridized carbons (Fsp3) is 0.611. The lowest BCUT2D eigenvalue weighted by Crippen LogP contribution is -2.47. The number of guanidine groups is 1. The van der Waals surface area contributed by atoms with Crippen molar-refractivity contribution in [3.05, 3.63) is 39.9 Å². The Kier molecular flexibility index (Phi) is 7.66. The molecule has 1 saturated carbocycles. The van der Waals surface area contributed by atoms with E-state index in [2.05, 4.69) is 22.5 Å². The topological polar surface area (TPSA) is 88.8 Å². The number of hydrogen-bond acceptors (Lipinski definition) is 4. The van der Waals surface area contributed by atoms with Gasteiger partial charge in [-0.25, -0.2) is 4.99 Å². The molecule has 7 heteroatoms. The van der Waals surface area contributed by atoms with E-state index in [1.165, 1.54) is 31.4 Å². The summed E-state index contributed by atoms with van der Waals surface area (Å²) >= 11 is 0. The van der Waals surface area contributed by atoms with E-state index in [4.69, 9.17) is 4.74 Å². The SMILES string of the molecule is COCCNC(=NCc1ccc([N+](=O)[O-])cc1)NC1CCCCC1C. The fourth-order valence-corrected chi connectivity index (χ4v) is 3.02. The van der Waals surface area contributed by atoms with Crippen LogP contribution in [0.4, 0.5) is 5.69 Å². The van der Waals surface area contributed by atoms with Crippen molar-refractivity contribution < 1.29 is 9.66 Å². The average Bonchev–Trinajstić information content (AvgIpc) is 2.62. The first-order chi connectivity index (χ1) is 12.1. The molecule has 0 aliphatic heterocycles. The molecule has 2 N–H and O–H groups in total. The molecule has 2 rings (SSSR count). The third kappa shape index (κ3) is 6.34. The molecular weight excluding hydrogens is 320 g/mol. The highest BCUT2D eigenvalue weighted by atomic mass is 16.6. The zero-order valence-corrected chi connectivity index (χ0v) is 15.0. The number of hydrogen-bond donors (Lipinski definition) is 2. The van der Waals surface area contributed by atoms with Gasteiger partial charge in [-0.05, 0) is 24.3 Å². The molecule has 1 aliphatic rings. The standard InChI is InChI=1S/C18H28N4O3/c1-14-5-3-4-6-17(14)21-18(19-11-12-25-2)20-13-15-7-9-16(10-8-15)22(23)24/h7-10,14,17H,3-6,11-13H2,1-2H3,(H2,19,20,21). The van der Waals surface area contributed by atoms with E-state index in [1.807, 2.05) is 0 Å². The Morgan fingerprint density at radius 3 is 2.68 bits per heavy atom. The van der Waals surface area contributed by atoms with Gasteiger partial charge in [-0.15, -0.1) is 0 Å². The number of aliphatic imine (C=N–C) groups is 1. The van der Waals surface area contributed by atoms with Crippen LogP contribution in [-0.4, -0.2) is 37.2 Å². The van der Waals surface area contributed by atoms with Gasteiger partial charge in [0.25, 0.3) is 5.69 Å². The smallest absolute Gasteiger partial charge is 0.269 e. The highest BCUT2D eigenvalue weighted by Crippen LogP contribution is 2.23. The first kappa shape index (κ1) is 19.2. The number of non-ortho nitro benzene ring substituents is 1. The van der Waals surface area contributed by atoms with Gasteiger partial charge in [0.1, 0.15) is 0 Å². The van der Waals surface area contributed by atoms with Gasteiger partial charge in [0.05, 0.1) is 18.1 Å². The molecule has 1 aromatic carbocycles. The van der Waals surface area contributed by atoms with Crippen LogP contribution in [0.25, 0.3) is 0 Å². The Bertz CT molecular complexity index is 574. The minimum absolute atomic E-state index is 0.0975. The summed E-state index contributed by atoms with van der Waals surface area (Å²) < 4.78 is 5.09. The van der Waals surface area contributed by atoms with Crippen molar-refractivity contribution >= 4 is 11.6 Å². The van der Waals surface area contributed by atoms with E-state index < -0.39 is 4.92 Å². The largest absolute Gasteiger partial charge is 0.383 e. The van der Waals surface area contributed by atoms with E-state index in [9.17, 15) is 10.1 Å². The summed E-state index contributed by atoms with van der Waals surface area (Å²) in [6, 6.07) is 6.95. The number of ether oxygens (including phenoxy) is 1. The lowest BCUT2D eigenvalue weighted by Gasteiger charge is -2.31. The molecule has 25 heavy (non-hydrogen) atoms. The summed E-state index contributed by atoms with van der Waals surface area (Å²) in [4.78, 5) is 15.0. The zero-order chi connectivity index (χ0) is 18.1. The molecule has 0 spiro atoms. The van der Waals surface area contributed by atoms with Crippen molar-refractivity contribution in [3.63, 3.8) is 0 Å². The van der Waals surface area contributed by atoms with Gasteiger partial charge in [-0.1, -0.05) is 31.9 Å². The average molecular weight is 348 g/mol. The first-order valence-electron chi connectivity index (χ1n) is 8.87. The molecule has 7 nitrogen and oxygen atoms in total. The number of benzene rings is 1. The van der Waals surface area contributed by atoms with Crippen LogP contribution < -0.4 is 10.6 Å². The van der Waals surface area contributed by atoms with Gasteiger partial charge in [-0.3, -0.25) is 10.1 Å². The van der Waals surface area contributed by atoms with Gasteiger partial charge < -0.3 is 15.4 Å². The monoisotopic (exact) mass is 348 g/mol. The van der Waals surface area contributed by atoms with Gasteiger partial charge in [0.15, 0.2) is 5.96 Å². The van der Waals surface area contributed by atoms with E-state index in [1.54, 1.807) is 19.2 Å². The molecule has 0 aromatic heterocycles. The van der Waals surface area contributed by atoms with Crippen LogP contribution in [0.3, 0.4) is 0 Å². The minimum atomic E-state index is -0.392.